The number of phenols is 1. The Morgan fingerprint density at radius 2 is 2.05 bits per heavy atom. The Kier molecular flexibility index (Phi) is 4.55. The number of aliphatic carboxylic acids is 1. The molecule has 2 rings (SSSR count). The minimum atomic E-state index is -0.881. The highest BCUT2D eigenvalue weighted by Gasteiger charge is 2.26. The van der Waals surface area contributed by atoms with Crippen molar-refractivity contribution >= 4 is 29.2 Å². The van der Waals surface area contributed by atoms with Gasteiger partial charge in [-0.2, -0.15) is 0 Å². The molecule has 104 valence electrons. The molecule has 1 aliphatic rings. The summed E-state index contributed by atoms with van der Waals surface area (Å²) in [4.78, 5) is 12.7. The zero-order valence-corrected chi connectivity index (χ0v) is 11.8. The predicted molar refractivity (Wildman–Crippen MR) is 73.8 cm³/mol. The van der Waals surface area contributed by atoms with Crippen LogP contribution in [0, 0.1) is 5.92 Å². The van der Waals surface area contributed by atoms with Crippen LogP contribution in [0.3, 0.4) is 0 Å². The molecule has 0 aromatic heterocycles. The van der Waals surface area contributed by atoms with Crippen LogP contribution in [-0.4, -0.2) is 34.2 Å². The number of aromatic hydroxyl groups is 1. The summed E-state index contributed by atoms with van der Waals surface area (Å²) < 4.78 is 0. The van der Waals surface area contributed by atoms with Gasteiger partial charge in [0.15, 0.2) is 0 Å². The summed E-state index contributed by atoms with van der Waals surface area (Å²) in [5, 5.41) is 19.4. The van der Waals surface area contributed by atoms with Crippen LogP contribution in [0.25, 0.3) is 0 Å². The number of carboxylic acid groups (broad SMARTS) is 1. The molecule has 0 radical (unpaired) electrons. The first-order valence-electron chi connectivity index (χ1n) is 6.06. The van der Waals surface area contributed by atoms with Gasteiger partial charge in [-0.15, -0.1) is 0 Å². The number of phenolic OH excluding ortho intramolecular Hbond substituents is 1. The topological polar surface area (TPSA) is 60.8 Å². The maximum atomic E-state index is 10.9. The highest BCUT2D eigenvalue weighted by Crippen LogP contribution is 2.34. The molecule has 0 saturated heterocycles. The summed E-state index contributed by atoms with van der Waals surface area (Å²) in [5.41, 5.74) is 0.555. The molecule has 0 atom stereocenters. The van der Waals surface area contributed by atoms with Gasteiger partial charge >= 0.3 is 5.97 Å². The molecule has 0 amide bonds. The Labute approximate surface area is 121 Å². The number of rotatable bonds is 6. The largest absolute Gasteiger partial charge is 0.506 e. The van der Waals surface area contributed by atoms with Crippen molar-refractivity contribution in [2.24, 2.45) is 5.92 Å². The number of halogens is 2. The van der Waals surface area contributed by atoms with E-state index in [1.807, 2.05) is 0 Å². The van der Waals surface area contributed by atoms with Gasteiger partial charge in [0.05, 0.1) is 11.6 Å². The molecule has 4 nitrogen and oxygen atoms in total. The Bertz CT molecular complexity index is 489. The summed E-state index contributed by atoms with van der Waals surface area (Å²) in [6.45, 7) is 0.991. The SMILES string of the molecule is O=C(O)CN(Cc1cc(Cl)cc(Cl)c1O)CC1CC1. The average molecular weight is 304 g/mol. The molecule has 0 unspecified atom stereocenters. The number of carboxylic acids is 1. The Morgan fingerprint density at radius 3 is 2.63 bits per heavy atom. The zero-order valence-electron chi connectivity index (χ0n) is 10.3. The summed E-state index contributed by atoms with van der Waals surface area (Å²) in [6.07, 6.45) is 2.27. The van der Waals surface area contributed by atoms with Crippen LogP contribution in [0.1, 0.15) is 18.4 Å². The lowest BCUT2D eigenvalue weighted by molar-refractivity contribution is -0.138. The highest BCUT2D eigenvalue weighted by molar-refractivity contribution is 6.35. The van der Waals surface area contributed by atoms with E-state index in [0.29, 0.717) is 23.0 Å². The minimum absolute atomic E-state index is 0.0303. The maximum Gasteiger partial charge on any atom is 0.317 e. The zero-order chi connectivity index (χ0) is 14.0. The molecule has 0 spiro atoms. The standard InChI is InChI=1S/C13H15Cl2NO3/c14-10-3-9(13(19)11(15)4-10)6-16(7-12(17)18)5-8-1-2-8/h3-4,8,19H,1-2,5-7H2,(H,17,18). The van der Waals surface area contributed by atoms with Crippen molar-refractivity contribution in [3.05, 3.63) is 27.7 Å². The summed E-state index contributed by atoms with van der Waals surface area (Å²) in [5.74, 6) is -0.346. The number of hydrogen-bond donors (Lipinski definition) is 2. The molecule has 1 aromatic carbocycles. The summed E-state index contributed by atoms with van der Waals surface area (Å²) in [7, 11) is 0. The van der Waals surface area contributed by atoms with Gasteiger partial charge in [-0.25, -0.2) is 0 Å². The van der Waals surface area contributed by atoms with Gasteiger partial charge in [0.25, 0.3) is 0 Å². The van der Waals surface area contributed by atoms with Gasteiger partial charge in [-0.05, 0) is 30.9 Å². The van der Waals surface area contributed by atoms with Gasteiger partial charge in [-0.3, -0.25) is 9.69 Å². The molecule has 6 heteroatoms. The molecular formula is C13H15Cl2NO3. The van der Waals surface area contributed by atoms with Crippen molar-refractivity contribution in [2.45, 2.75) is 19.4 Å². The van der Waals surface area contributed by atoms with Crippen LogP contribution >= 0.6 is 23.2 Å². The second-order valence-electron chi connectivity index (χ2n) is 4.90. The lowest BCUT2D eigenvalue weighted by atomic mass is 10.1. The van der Waals surface area contributed by atoms with Crippen LogP contribution in [-0.2, 0) is 11.3 Å². The van der Waals surface area contributed by atoms with Gasteiger partial charge in [0, 0.05) is 23.7 Å². The van der Waals surface area contributed by atoms with Crippen LogP contribution in [0.4, 0.5) is 0 Å². The first kappa shape index (κ1) is 14.4. The van der Waals surface area contributed by atoms with Crippen molar-refractivity contribution in [1.29, 1.82) is 0 Å². The normalized spacial score (nSPS) is 14.9. The number of hydrogen-bond acceptors (Lipinski definition) is 3. The van der Waals surface area contributed by atoms with E-state index in [2.05, 4.69) is 0 Å². The van der Waals surface area contributed by atoms with Crippen molar-refractivity contribution in [3.8, 4) is 5.75 Å². The number of benzene rings is 1. The van der Waals surface area contributed by atoms with Crippen molar-refractivity contribution in [1.82, 2.24) is 4.90 Å². The molecule has 1 aromatic rings. The maximum absolute atomic E-state index is 10.9. The molecule has 1 aliphatic carbocycles. The first-order valence-corrected chi connectivity index (χ1v) is 6.82. The Morgan fingerprint density at radius 1 is 1.37 bits per heavy atom. The van der Waals surface area contributed by atoms with E-state index in [-0.39, 0.29) is 17.3 Å². The van der Waals surface area contributed by atoms with E-state index >= 15 is 0 Å². The fourth-order valence-corrected chi connectivity index (χ4v) is 2.56. The van der Waals surface area contributed by atoms with Crippen LogP contribution in [0.15, 0.2) is 12.1 Å². The predicted octanol–water partition coefficient (Wildman–Crippen LogP) is 3.00. The fourth-order valence-electron chi connectivity index (χ4n) is 2.02. The summed E-state index contributed by atoms with van der Waals surface area (Å²) >= 11 is 11.8. The van der Waals surface area contributed by atoms with E-state index in [1.165, 1.54) is 6.07 Å². The van der Waals surface area contributed by atoms with Gasteiger partial charge in [0.1, 0.15) is 5.75 Å². The van der Waals surface area contributed by atoms with E-state index in [9.17, 15) is 9.90 Å². The molecule has 0 heterocycles. The smallest absolute Gasteiger partial charge is 0.317 e. The molecule has 19 heavy (non-hydrogen) atoms. The van der Waals surface area contributed by atoms with Gasteiger partial charge < -0.3 is 10.2 Å². The average Bonchev–Trinajstić information content (AvgIpc) is 3.08. The number of nitrogens with zero attached hydrogens (tertiary/aromatic N) is 1. The third kappa shape index (κ3) is 4.27. The molecule has 1 fully saturated rings. The molecule has 2 N–H and O–H groups in total. The molecule has 1 saturated carbocycles. The quantitative estimate of drug-likeness (QED) is 0.848. The highest BCUT2D eigenvalue weighted by atomic mass is 35.5. The monoisotopic (exact) mass is 303 g/mol. The van der Waals surface area contributed by atoms with Crippen LogP contribution in [0.5, 0.6) is 5.75 Å². The third-order valence-corrected chi connectivity index (χ3v) is 3.58. The lowest BCUT2D eigenvalue weighted by Crippen LogP contribution is -2.31. The van der Waals surface area contributed by atoms with Crippen molar-refractivity contribution < 1.29 is 15.0 Å². The number of carbonyl (C=O) groups is 1. The minimum Gasteiger partial charge on any atom is -0.506 e. The van der Waals surface area contributed by atoms with Gasteiger partial charge in [-0.1, -0.05) is 23.2 Å². The van der Waals surface area contributed by atoms with Gasteiger partial charge in [0.2, 0.25) is 0 Å². The molecule has 0 aliphatic heterocycles. The fraction of sp³-hybridized carbons (Fsp3) is 0.462. The van der Waals surface area contributed by atoms with Crippen molar-refractivity contribution in [2.75, 3.05) is 13.1 Å². The van der Waals surface area contributed by atoms with E-state index < -0.39 is 5.97 Å². The Hall–Kier alpha value is -0.970. The van der Waals surface area contributed by atoms with E-state index in [1.54, 1.807) is 11.0 Å². The Balaban J connectivity index is 2.12. The molecule has 0 bridgehead atoms. The second kappa shape index (κ2) is 5.99. The second-order valence-corrected chi connectivity index (χ2v) is 5.75. The van der Waals surface area contributed by atoms with Crippen LogP contribution in [0.2, 0.25) is 10.0 Å². The lowest BCUT2D eigenvalue weighted by Gasteiger charge is -2.21. The van der Waals surface area contributed by atoms with Crippen LogP contribution < -0.4 is 0 Å². The summed E-state index contributed by atoms with van der Waals surface area (Å²) in [6, 6.07) is 3.08. The molecular weight excluding hydrogens is 289 g/mol. The van der Waals surface area contributed by atoms with E-state index in [0.717, 1.165) is 19.4 Å². The first-order chi connectivity index (χ1) is 8.95. The third-order valence-electron chi connectivity index (χ3n) is 3.07. The van der Waals surface area contributed by atoms with E-state index in [4.69, 9.17) is 28.3 Å². The van der Waals surface area contributed by atoms with Crippen molar-refractivity contribution in [3.63, 3.8) is 0 Å².